The first-order chi connectivity index (χ1) is 12.2. The van der Waals surface area contributed by atoms with E-state index in [0.29, 0.717) is 6.42 Å². The number of carbonyl (C=O) groups is 2. The molecule has 0 radical (unpaired) electrons. The number of rotatable bonds is 6. The molecule has 26 heavy (non-hydrogen) atoms. The SMILES string of the molecule is CN(c1cccnc1)C(C)(C)C(=O)O.NC(Cc1ccccc1)C(=O)O. The molecule has 0 fully saturated rings. The summed E-state index contributed by atoms with van der Waals surface area (Å²) in [5.74, 6) is -1.82. The summed E-state index contributed by atoms with van der Waals surface area (Å²) in [5, 5.41) is 17.5. The fourth-order valence-electron chi connectivity index (χ4n) is 1.97. The third kappa shape index (κ3) is 6.18. The van der Waals surface area contributed by atoms with Gasteiger partial charge in [0.1, 0.15) is 11.6 Å². The summed E-state index contributed by atoms with van der Waals surface area (Å²) in [5.41, 5.74) is 6.16. The summed E-state index contributed by atoms with van der Waals surface area (Å²) >= 11 is 0. The van der Waals surface area contributed by atoms with Crippen LogP contribution in [-0.4, -0.2) is 45.8 Å². The van der Waals surface area contributed by atoms with Gasteiger partial charge in [-0.3, -0.25) is 9.78 Å². The monoisotopic (exact) mass is 359 g/mol. The van der Waals surface area contributed by atoms with Gasteiger partial charge in [-0.15, -0.1) is 0 Å². The molecule has 4 N–H and O–H groups in total. The Hall–Kier alpha value is -2.93. The number of hydrogen-bond donors (Lipinski definition) is 3. The summed E-state index contributed by atoms with van der Waals surface area (Å²) in [7, 11) is 1.74. The molecule has 1 aromatic heterocycles. The molecular formula is C19H25N3O4. The average molecular weight is 359 g/mol. The van der Waals surface area contributed by atoms with Crippen LogP contribution in [0, 0.1) is 0 Å². The van der Waals surface area contributed by atoms with E-state index < -0.39 is 23.5 Å². The first-order valence-electron chi connectivity index (χ1n) is 8.05. The van der Waals surface area contributed by atoms with E-state index in [1.807, 2.05) is 36.4 Å². The molecule has 0 saturated carbocycles. The molecule has 0 spiro atoms. The van der Waals surface area contributed by atoms with Crippen LogP contribution in [0.5, 0.6) is 0 Å². The van der Waals surface area contributed by atoms with Crippen LogP contribution in [0.15, 0.2) is 54.9 Å². The lowest BCUT2D eigenvalue weighted by atomic mass is 10.0. The lowest BCUT2D eigenvalue weighted by Crippen LogP contribution is -2.48. The predicted octanol–water partition coefficient (Wildman–Crippen LogP) is 2.02. The van der Waals surface area contributed by atoms with Crippen molar-refractivity contribution in [3.05, 3.63) is 60.4 Å². The molecule has 1 aromatic carbocycles. The minimum absolute atomic E-state index is 0.385. The Morgan fingerprint density at radius 2 is 1.77 bits per heavy atom. The van der Waals surface area contributed by atoms with Crippen molar-refractivity contribution in [1.29, 1.82) is 0 Å². The van der Waals surface area contributed by atoms with Gasteiger partial charge in [0, 0.05) is 13.2 Å². The number of anilines is 1. The van der Waals surface area contributed by atoms with Crippen molar-refractivity contribution in [2.24, 2.45) is 5.73 Å². The number of aromatic nitrogens is 1. The smallest absolute Gasteiger partial charge is 0.328 e. The second-order valence-corrected chi connectivity index (χ2v) is 6.27. The molecule has 1 atom stereocenters. The lowest BCUT2D eigenvalue weighted by Gasteiger charge is -2.33. The van der Waals surface area contributed by atoms with Crippen LogP contribution in [0.4, 0.5) is 5.69 Å². The van der Waals surface area contributed by atoms with E-state index in [1.165, 1.54) is 0 Å². The number of aliphatic carboxylic acids is 2. The molecule has 140 valence electrons. The summed E-state index contributed by atoms with van der Waals surface area (Å²) in [4.78, 5) is 27.0. The second-order valence-electron chi connectivity index (χ2n) is 6.27. The molecule has 0 saturated heterocycles. The van der Waals surface area contributed by atoms with Crippen molar-refractivity contribution in [3.8, 4) is 0 Å². The third-order valence-electron chi connectivity index (χ3n) is 4.01. The maximum atomic E-state index is 11.0. The summed E-state index contributed by atoms with van der Waals surface area (Å²) in [6.45, 7) is 3.31. The van der Waals surface area contributed by atoms with Crippen LogP contribution in [0.1, 0.15) is 19.4 Å². The molecular weight excluding hydrogens is 334 g/mol. The van der Waals surface area contributed by atoms with E-state index >= 15 is 0 Å². The topological polar surface area (TPSA) is 117 Å². The quantitative estimate of drug-likeness (QED) is 0.722. The van der Waals surface area contributed by atoms with Gasteiger partial charge in [-0.25, -0.2) is 4.79 Å². The van der Waals surface area contributed by atoms with Crippen molar-refractivity contribution in [1.82, 2.24) is 4.98 Å². The van der Waals surface area contributed by atoms with Crippen LogP contribution in [0.25, 0.3) is 0 Å². The van der Waals surface area contributed by atoms with E-state index in [4.69, 9.17) is 15.9 Å². The number of likely N-dealkylation sites (N-methyl/N-ethyl adjacent to an activating group) is 1. The number of pyridine rings is 1. The van der Waals surface area contributed by atoms with E-state index in [-0.39, 0.29) is 0 Å². The van der Waals surface area contributed by atoms with Crippen LogP contribution in [0.2, 0.25) is 0 Å². The van der Waals surface area contributed by atoms with Crippen LogP contribution >= 0.6 is 0 Å². The molecule has 0 bridgehead atoms. The largest absolute Gasteiger partial charge is 0.480 e. The Kier molecular flexibility index (Phi) is 7.74. The van der Waals surface area contributed by atoms with E-state index in [0.717, 1.165) is 11.3 Å². The van der Waals surface area contributed by atoms with Crippen molar-refractivity contribution in [2.45, 2.75) is 31.8 Å². The number of nitrogens with zero attached hydrogens (tertiary/aromatic N) is 2. The minimum Gasteiger partial charge on any atom is -0.480 e. The van der Waals surface area contributed by atoms with Gasteiger partial charge in [0.05, 0.1) is 11.9 Å². The summed E-state index contributed by atoms with van der Waals surface area (Å²) in [6.07, 6.45) is 3.69. The average Bonchev–Trinajstić information content (AvgIpc) is 2.63. The van der Waals surface area contributed by atoms with Crippen molar-refractivity contribution in [2.75, 3.05) is 11.9 Å². The standard InChI is InChI=1S/C10H14N2O2.C9H11NO2/c1-10(2,9(13)14)12(3)8-5-4-6-11-7-8;10-8(9(11)12)6-7-4-2-1-3-5-7/h4-7H,1-3H3,(H,13,14);1-5,8H,6,10H2,(H,11,12). The number of hydrogen-bond acceptors (Lipinski definition) is 5. The van der Waals surface area contributed by atoms with Gasteiger partial charge in [0.25, 0.3) is 0 Å². The Morgan fingerprint density at radius 1 is 1.15 bits per heavy atom. The number of carboxylic acid groups (broad SMARTS) is 2. The highest BCUT2D eigenvalue weighted by Crippen LogP contribution is 2.20. The number of carboxylic acids is 2. The van der Waals surface area contributed by atoms with Gasteiger partial charge in [0.2, 0.25) is 0 Å². The summed E-state index contributed by atoms with van der Waals surface area (Å²) < 4.78 is 0. The summed E-state index contributed by atoms with van der Waals surface area (Å²) in [6, 6.07) is 12.2. The van der Waals surface area contributed by atoms with Gasteiger partial charge in [-0.2, -0.15) is 0 Å². The molecule has 7 nitrogen and oxygen atoms in total. The Balaban J connectivity index is 0.000000263. The number of benzene rings is 1. The molecule has 7 heteroatoms. The normalized spacial score (nSPS) is 11.7. The highest BCUT2D eigenvalue weighted by Gasteiger charge is 2.32. The molecule has 1 heterocycles. The van der Waals surface area contributed by atoms with Crippen LogP contribution in [0.3, 0.4) is 0 Å². The maximum absolute atomic E-state index is 11.0. The van der Waals surface area contributed by atoms with Crippen LogP contribution in [-0.2, 0) is 16.0 Å². The first kappa shape index (κ1) is 21.1. The van der Waals surface area contributed by atoms with Crippen molar-refractivity contribution >= 4 is 17.6 Å². The minimum atomic E-state index is -0.959. The fraction of sp³-hybridized carbons (Fsp3) is 0.316. The zero-order chi connectivity index (χ0) is 19.7. The Labute approximate surface area is 153 Å². The molecule has 2 rings (SSSR count). The third-order valence-corrected chi connectivity index (χ3v) is 4.01. The molecule has 1 unspecified atom stereocenters. The van der Waals surface area contributed by atoms with Gasteiger partial charge in [0.15, 0.2) is 0 Å². The maximum Gasteiger partial charge on any atom is 0.328 e. The molecule has 0 aliphatic rings. The zero-order valence-electron chi connectivity index (χ0n) is 15.2. The van der Waals surface area contributed by atoms with Gasteiger partial charge in [-0.1, -0.05) is 30.3 Å². The van der Waals surface area contributed by atoms with E-state index in [1.54, 1.807) is 44.3 Å². The van der Waals surface area contributed by atoms with Gasteiger partial charge in [-0.05, 0) is 38.0 Å². The van der Waals surface area contributed by atoms with E-state index in [9.17, 15) is 9.59 Å². The second kappa shape index (κ2) is 9.53. The number of nitrogens with two attached hydrogens (primary N) is 1. The highest BCUT2D eigenvalue weighted by atomic mass is 16.4. The van der Waals surface area contributed by atoms with Gasteiger partial charge < -0.3 is 20.8 Å². The first-order valence-corrected chi connectivity index (χ1v) is 8.05. The van der Waals surface area contributed by atoms with E-state index in [2.05, 4.69) is 4.98 Å². The van der Waals surface area contributed by atoms with Crippen LogP contribution < -0.4 is 10.6 Å². The lowest BCUT2D eigenvalue weighted by molar-refractivity contribution is -0.142. The van der Waals surface area contributed by atoms with Gasteiger partial charge >= 0.3 is 11.9 Å². The Bertz CT molecular complexity index is 705. The zero-order valence-corrected chi connectivity index (χ0v) is 15.2. The fourth-order valence-corrected chi connectivity index (χ4v) is 1.97. The van der Waals surface area contributed by atoms with Crippen molar-refractivity contribution in [3.63, 3.8) is 0 Å². The highest BCUT2D eigenvalue weighted by molar-refractivity contribution is 5.82. The molecule has 0 amide bonds. The molecule has 2 aromatic rings. The molecule has 0 aliphatic heterocycles. The van der Waals surface area contributed by atoms with Crippen molar-refractivity contribution < 1.29 is 19.8 Å². The molecule has 0 aliphatic carbocycles. The predicted molar refractivity (Wildman–Crippen MR) is 100 cm³/mol. The Morgan fingerprint density at radius 3 is 2.23 bits per heavy atom.